The Morgan fingerprint density at radius 3 is 2.61 bits per heavy atom. The van der Waals surface area contributed by atoms with Crippen molar-refractivity contribution in [2.45, 2.75) is 24.4 Å². The first-order valence-electron chi connectivity index (χ1n) is 7.80. The van der Waals surface area contributed by atoms with E-state index in [0.29, 0.717) is 5.65 Å². The molecule has 0 unspecified atom stereocenters. The van der Waals surface area contributed by atoms with Crippen molar-refractivity contribution in [3.63, 3.8) is 0 Å². The van der Waals surface area contributed by atoms with Crippen LogP contribution in [0.1, 0.15) is 18.4 Å². The van der Waals surface area contributed by atoms with Crippen LogP contribution >= 0.6 is 0 Å². The summed E-state index contributed by atoms with van der Waals surface area (Å²) in [6.07, 6.45) is 4.64. The molecule has 1 aliphatic carbocycles. The molecule has 0 aliphatic heterocycles. The number of hydrogen-bond acceptors (Lipinski definition) is 5. The molecular formula is C18H18N4O. The maximum absolute atomic E-state index is 9.82. The van der Waals surface area contributed by atoms with Crippen LogP contribution in [-0.4, -0.2) is 32.7 Å². The summed E-state index contributed by atoms with van der Waals surface area (Å²) in [5.41, 5.74) is 2.66. The van der Waals surface area contributed by atoms with Gasteiger partial charge in [-0.05, 0) is 30.5 Å². The number of rotatable bonds is 4. The van der Waals surface area contributed by atoms with E-state index in [-0.39, 0.29) is 11.5 Å². The van der Waals surface area contributed by atoms with E-state index in [4.69, 9.17) is 0 Å². The zero-order chi connectivity index (χ0) is 15.7. The van der Waals surface area contributed by atoms with Gasteiger partial charge in [0.15, 0.2) is 5.65 Å². The molecule has 1 aliphatic rings. The highest BCUT2D eigenvalue weighted by atomic mass is 16.3. The first kappa shape index (κ1) is 14.1. The molecule has 0 saturated heterocycles. The molecule has 1 fully saturated rings. The smallest absolute Gasteiger partial charge is 0.180 e. The Morgan fingerprint density at radius 2 is 1.83 bits per heavy atom. The first-order valence-corrected chi connectivity index (χ1v) is 7.80. The number of pyridine rings is 1. The summed E-state index contributed by atoms with van der Waals surface area (Å²) >= 11 is 0. The van der Waals surface area contributed by atoms with Gasteiger partial charge in [-0.1, -0.05) is 30.3 Å². The monoisotopic (exact) mass is 306 g/mol. The van der Waals surface area contributed by atoms with Gasteiger partial charge in [-0.2, -0.15) is 0 Å². The minimum atomic E-state index is -0.215. The van der Waals surface area contributed by atoms with Gasteiger partial charge >= 0.3 is 0 Å². The summed E-state index contributed by atoms with van der Waals surface area (Å²) < 4.78 is 0. The topological polar surface area (TPSA) is 70.9 Å². The lowest BCUT2D eigenvalue weighted by molar-refractivity contribution is 0.0242. The van der Waals surface area contributed by atoms with E-state index in [1.165, 1.54) is 5.56 Å². The van der Waals surface area contributed by atoms with Gasteiger partial charge in [0, 0.05) is 24.4 Å². The number of nitrogens with zero attached hydrogens (tertiary/aromatic N) is 3. The summed E-state index contributed by atoms with van der Waals surface area (Å²) in [6.45, 7) is 0.743. The van der Waals surface area contributed by atoms with Gasteiger partial charge < -0.3 is 10.4 Å². The van der Waals surface area contributed by atoms with Crippen LogP contribution in [0.2, 0.25) is 0 Å². The highest BCUT2D eigenvalue weighted by Crippen LogP contribution is 2.43. The van der Waals surface area contributed by atoms with Gasteiger partial charge in [-0.3, -0.25) is 4.98 Å². The average Bonchev–Trinajstić information content (AvgIpc) is 2.58. The normalized spacial score (nSPS) is 23.4. The number of aliphatic hydroxyl groups excluding tert-OH is 1. The van der Waals surface area contributed by atoms with E-state index in [1.807, 2.05) is 30.3 Å². The van der Waals surface area contributed by atoms with Gasteiger partial charge in [-0.15, -0.1) is 0 Å². The standard InChI is InChI=1S/C18H18N4O/c23-14-10-18(11-14,13-4-2-1-3-5-13)12-21-16-7-6-15-17(22-16)20-9-8-19-15/h1-9,14,23H,10-12H2,(H,20,21,22). The van der Waals surface area contributed by atoms with Crippen LogP contribution in [0.4, 0.5) is 5.82 Å². The summed E-state index contributed by atoms with van der Waals surface area (Å²) in [4.78, 5) is 13.0. The molecule has 4 rings (SSSR count). The Labute approximate surface area is 134 Å². The van der Waals surface area contributed by atoms with Gasteiger partial charge in [0.05, 0.1) is 6.10 Å². The maximum atomic E-state index is 9.82. The third-order valence-electron chi connectivity index (χ3n) is 4.58. The lowest BCUT2D eigenvalue weighted by Gasteiger charge is -2.46. The van der Waals surface area contributed by atoms with Crippen molar-refractivity contribution in [3.05, 3.63) is 60.4 Å². The number of aliphatic hydroxyl groups is 1. The largest absolute Gasteiger partial charge is 0.393 e. The number of aromatic nitrogens is 3. The molecule has 0 spiro atoms. The predicted molar refractivity (Wildman–Crippen MR) is 89.2 cm³/mol. The van der Waals surface area contributed by atoms with E-state index in [1.54, 1.807) is 12.4 Å². The van der Waals surface area contributed by atoms with Crippen molar-refractivity contribution >= 4 is 17.0 Å². The second-order valence-corrected chi connectivity index (χ2v) is 6.16. The Morgan fingerprint density at radius 1 is 1.04 bits per heavy atom. The van der Waals surface area contributed by atoms with E-state index >= 15 is 0 Å². The molecule has 0 bridgehead atoms. The fourth-order valence-electron chi connectivity index (χ4n) is 3.33. The Balaban J connectivity index is 1.56. The summed E-state index contributed by atoms with van der Waals surface area (Å²) in [5, 5.41) is 13.2. The molecule has 2 N–H and O–H groups in total. The molecule has 1 aromatic carbocycles. The van der Waals surface area contributed by atoms with Gasteiger partial charge in [-0.25, -0.2) is 9.97 Å². The van der Waals surface area contributed by atoms with Crippen LogP contribution in [0.25, 0.3) is 11.2 Å². The van der Waals surface area contributed by atoms with Crippen LogP contribution in [0, 0.1) is 0 Å². The minimum Gasteiger partial charge on any atom is -0.393 e. The van der Waals surface area contributed by atoms with E-state index in [9.17, 15) is 5.11 Å². The van der Waals surface area contributed by atoms with Crippen molar-refractivity contribution < 1.29 is 5.11 Å². The predicted octanol–water partition coefficient (Wildman–Crippen LogP) is 2.53. The Hall–Kier alpha value is -2.53. The third kappa shape index (κ3) is 2.64. The van der Waals surface area contributed by atoms with Crippen molar-refractivity contribution in [2.75, 3.05) is 11.9 Å². The van der Waals surface area contributed by atoms with Crippen molar-refractivity contribution in [1.29, 1.82) is 0 Å². The van der Waals surface area contributed by atoms with E-state index < -0.39 is 0 Å². The van der Waals surface area contributed by atoms with Crippen LogP contribution in [-0.2, 0) is 5.41 Å². The number of fused-ring (bicyclic) bond motifs is 1. The molecule has 0 radical (unpaired) electrons. The lowest BCUT2D eigenvalue weighted by Crippen LogP contribution is -2.49. The Bertz CT molecular complexity index is 815. The maximum Gasteiger partial charge on any atom is 0.180 e. The molecule has 3 aromatic rings. The van der Waals surface area contributed by atoms with E-state index in [2.05, 4.69) is 32.4 Å². The fraction of sp³-hybridized carbons (Fsp3) is 0.278. The SMILES string of the molecule is OC1CC(CNc2ccc3nccnc3n2)(c2ccccc2)C1. The van der Waals surface area contributed by atoms with Crippen LogP contribution < -0.4 is 5.32 Å². The van der Waals surface area contributed by atoms with Crippen molar-refractivity contribution in [2.24, 2.45) is 0 Å². The molecule has 2 aromatic heterocycles. The van der Waals surface area contributed by atoms with Crippen LogP contribution in [0.3, 0.4) is 0 Å². The van der Waals surface area contributed by atoms with Gasteiger partial charge in [0.1, 0.15) is 11.3 Å². The number of nitrogens with one attached hydrogen (secondary N) is 1. The van der Waals surface area contributed by atoms with E-state index in [0.717, 1.165) is 30.7 Å². The summed E-state index contributed by atoms with van der Waals surface area (Å²) in [7, 11) is 0. The molecule has 23 heavy (non-hydrogen) atoms. The van der Waals surface area contributed by atoms with Gasteiger partial charge in [0.2, 0.25) is 0 Å². The molecule has 116 valence electrons. The van der Waals surface area contributed by atoms with Crippen molar-refractivity contribution in [3.8, 4) is 0 Å². The minimum absolute atomic E-state index is 0.0281. The molecule has 5 heteroatoms. The zero-order valence-corrected chi connectivity index (χ0v) is 12.7. The summed E-state index contributed by atoms with van der Waals surface area (Å²) in [6, 6.07) is 14.2. The molecule has 5 nitrogen and oxygen atoms in total. The molecule has 2 heterocycles. The molecule has 1 saturated carbocycles. The fourth-order valence-corrected chi connectivity index (χ4v) is 3.33. The average molecular weight is 306 g/mol. The number of benzene rings is 1. The quantitative estimate of drug-likeness (QED) is 0.775. The zero-order valence-electron chi connectivity index (χ0n) is 12.7. The summed E-state index contributed by atoms with van der Waals surface area (Å²) in [5.74, 6) is 0.787. The molecule has 0 atom stereocenters. The number of hydrogen-bond donors (Lipinski definition) is 2. The Kier molecular flexibility index (Phi) is 3.42. The van der Waals surface area contributed by atoms with Crippen LogP contribution in [0.5, 0.6) is 0 Å². The second-order valence-electron chi connectivity index (χ2n) is 6.16. The highest BCUT2D eigenvalue weighted by Gasteiger charge is 2.44. The van der Waals surface area contributed by atoms with Gasteiger partial charge in [0.25, 0.3) is 0 Å². The first-order chi connectivity index (χ1) is 11.3. The van der Waals surface area contributed by atoms with Crippen molar-refractivity contribution in [1.82, 2.24) is 15.0 Å². The lowest BCUT2D eigenvalue weighted by atomic mass is 9.62. The third-order valence-corrected chi connectivity index (χ3v) is 4.58. The highest BCUT2D eigenvalue weighted by molar-refractivity contribution is 5.71. The van der Waals surface area contributed by atoms with Crippen LogP contribution in [0.15, 0.2) is 54.9 Å². The molecule has 0 amide bonds. The number of anilines is 1. The second kappa shape index (κ2) is 5.59. The molecular weight excluding hydrogens is 288 g/mol.